The van der Waals surface area contributed by atoms with Crippen LogP contribution in [0.1, 0.15) is 12.7 Å². The van der Waals surface area contributed by atoms with Crippen LogP contribution in [0, 0.1) is 18.8 Å². The third-order valence-corrected chi connectivity index (χ3v) is 4.42. The number of amides is 1. The Morgan fingerprint density at radius 1 is 1.32 bits per heavy atom. The number of benzene rings is 1. The van der Waals surface area contributed by atoms with Gasteiger partial charge in [0, 0.05) is 13.1 Å². The molecule has 0 aliphatic carbocycles. The lowest BCUT2D eigenvalue weighted by Crippen LogP contribution is -2.33. The van der Waals surface area contributed by atoms with Crippen LogP contribution in [0.25, 0.3) is 11.0 Å². The molecule has 0 bridgehead atoms. The van der Waals surface area contributed by atoms with Crippen molar-refractivity contribution in [1.29, 1.82) is 0 Å². The lowest BCUT2D eigenvalue weighted by atomic mass is 9.99. The summed E-state index contributed by atoms with van der Waals surface area (Å²) in [5.41, 5.74) is 1.79. The van der Waals surface area contributed by atoms with E-state index in [-0.39, 0.29) is 18.4 Å². The van der Waals surface area contributed by atoms with Gasteiger partial charge in [-0.3, -0.25) is 9.59 Å². The molecule has 3 rings (SSSR count). The van der Waals surface area contributed by atoms with Crippen LogP contribution in [0.15, 0.2) is 24.3 Å². The van der Waals surface area contributed by atoms with E-state index in [0.717, 1.165) is 16.9 Å². The van der Waals surface area contributed by atoms with Crippen molar-refractivity contribution in [2.24, 2.45) is 11.8 Å². The highest BCUT2D eigenvalue weighted by Gasteiger charge is 2.36. The molecule has 1 aliphatic heterocycles. The standard InChI is InChI=1S/C16H19N3O3/c1-10-7-18(8-12(10)16(21)22)15(20)9-19-11(2)17-13-5-3-4-6-14(13)19/h3-6,10,12H,7-9H2,1-2H3,(H,21,22)/t10-,12-/m1/s1. The number of aliphatic carboxylic acids is 1. The number of hydrogen-bond donors (Lipinski definition) is 1. The number of carboxylic acids is 1. The molecule has 1 amide bonds. The van der Waals surface area contributed by atoms with Crippen LogP contribution in [0.4, 0.5) is 0 Å². The van der Waals surface area contributed by atoms with Gasteiger partial charge in [0.05, 0.1) is 17.0 Å². The summed E-state index contributed by atoms with van der Waals surface area (Å²) in [7, 11) is 0. The number of carboxylic acid groups (broad SMARTS) is 1. The van der Waals surface area contributed by atoms with E-state index in [1.54, 1.807) is 4.90 Å². The average molecular weight is 301 g/mol. The summed E-state index contributed by atoms with van der Waals surface area (Å²) < 4.78 is 1.89. The Morgan fingerprint density at radius 2 is 2.05 bits per heavy atom. The summed E-state index contributed by atoms with van der Waals surface area (Å²) >= 11 is 0. The quantitative estimate of drug-likeness (QED) is 0.932. The van der Waals surface area contributed by atoms with Crippen molar-refractivity contribution in [2.45, 2.75) is 20.4 Å². The summed E-state index contributed by atoms with van der Waals surface area (Å²) in [6, 6.07) is 7.69. The molecule has 0 unspecified atom stereocenters. The third kappa shape index (κ3) is 2.45. The van der Waals surface area contributed by atoms with E-state index >= 15 is 0 Å². The predicted octanol–water partition coefficient (Wildman–Crippen LogP) is 1.52. The second-order valence-corrected chi connectivity index (χ2v) is 5.95. The highest BCUT2D eigenvalue weighted by Crippen LogP contribution is 2.24. The van der Waals surface area contributed by atoms with Crippen LogP contribution in [0.5, 0.6) is 0 Å². The molecule has 22 heavy (non-hydrogen) atoms. The minimum atomic E-state index is -0.827. The monoisotopic (exact) mass is 301 g/mol. The summed E-state index contributed by atoms with van der Waals surface area (Å²) in [4.78, 5) is 29.8. The summed E-state index contributed by atoms with van der Waals surface area (Å²) in [6.07, 6.45) is 0. The number of aromatic nitrogens is 2. The Bertz CT molecular complexity index is 737. The highest BCUT2D eigenvalue weighted by atomic mass is 16.4. The van der Waals surface area contributed by atoms with Crippen LogP contribution in [0.2, 0.25) is 0 Å². The van der Waals surface area contributed by atoms with E-state index in [1.807, 2.05) is 42.7 Å². The first-order chi connectivity index (χ1) is 10.5. The zero-order valence-electron chi connectivity index (χ0n) is 12.7. The molecule has 1 aromatic carbocycles. The zero-order valence-corrected chi connectivity index (χ0v) is 12.7. The van der Waals surface area contributed by atoms with Gasteiger partial charge in [-0.25, -0.2) is 4.98 Å². The summed E-state index contributed by atoms with van der Waals surface area (Å²) in [5, 5.41) is 9.17. The van der Waals surface area contributed by atoms with Crippen molar-refractivity contribution < 1.29 is 14.7 Å². The van der Waals surface area contributed by atoms with Gasteiger partial charge >= 0.3 is 5.97 Å². The van der Waals surface area contributed by atoms with Crippen molar-refractivity contribution in [3.63, 3.8) is 0 Å². The van der Waals surface area contributed by atoms with Crippen LogP contribution >= 0.6 is 0 Å². The molecule has 2 heterocycles. The molecule has 1 aromatic heterocycles. The second kappa shape index (κ2) is 5.44. The lowest BCUT2D eigenvalue weighted by molar-refractivity contribution is -0.142. The van der Waals surface area contributed by atoms with Crippen LogP contribution in [-0.2, 0) is 16.1 Å². The van der Waals surface area contributed by atoms with Gasteiger partial charge in [0.2, 0.25) is 5.91 Å². The number of fused-ring (bicyclic) bond motifs is 1. The first-order valence-electron chi connectivity index (χ1n) is 7.40. The predicted molar refractivity (Wildman–Crippen MR) is 81.3 cm³/mol. The maximum Gasteiger partial charge on any atom is 0.308 e. The van der Waals surface area contributed by atoms with Gasteiger partial charge in [0.15, 0.2) is 0 Å². The fourth-order valence-electron chi connectivity index (χ4n) is 3.12. The molecule has 1 fully saturated rings. The number of imidazole rings is 1. The Labute approximate surface area is 128 Å². The first kappa shape index (κ1) is 14.6. The fourth-order valence-corrected chi connectivity index (χ4v) is 3.12. The van der Waals surface area contributed by atoms with Crippen molar-refractivity contribution in [2.75, 3.05) is 13.1 Å². The summed E-state index contributed by atoms with van der Waals surface area (Å²) in [5.74, 6) is -0.572. The molecular formula is C16H19N3O3. The maximum absolute atomic E-state index is 12.5. The largest absolute Gasteiger partial charge is 0.481 e. The van der Waals surface area contributed by atoms with Gasteiger partial charge in [-0.05, 0) is 25.0 Å². The molecule has 0 saturated carbocycles. The van der Waals surface area contributed by atoms with Crippen LogP contribution in [0.3, 0.4) is 0 Å². The zero-order chi connectivity index (χ0) is 15.9. The van der Waals surface area contributed by atoms with Crippen molar-refractivity contribution in [3.8, 4) is 0 Å². The van der Waals surface area contributed by atoms with Gasteiger partial charge in [-0.15, -0.1) is 0 Å². The number of aryl methyl sites for hydroxylation is 1. The van der Waals surface area contributed by atoms with Crippen LogP contribution < -0.4 is 0 Å². The number of likely N-dealkylation sites (tertiary alicyclic amines) is 1. The fraction of sp³-hybridized carbons (Fsp3) is 0.438. The molecule has 1 N–H and O–H groups in total. The minimum absolute atomic E-state index is 0.0120. The van der Waals surface area contributed by atoms with E-state index in [0.29, 0.717) is 13.1 Å². The number of para-hydroxylation sites is 2. The van der Waals surface area contributed by atoms with Gasteiger partial charge in [-0.2, -0.15) is 0 Å². The molecule has 2 aromatic rings. The third-order valence-electron chi connectivity index (χ3n) is 4.42. The van der Waals surface area contributed by atoms with Crippen LogP contribution in [-0.4, -0.2) is 44.5 Å². The highest BCUT2D eigenvalue weighted by molar-refractivity contribution is 5.82. The topological polar surface area (TPSA) is 75.4 Å². The SMILES string of the molecule is Cc1nc2ccccc2n1CC(=O)N1C[C@@H](C)[C@H](C(=O)O)C1. The van der Waals surface area contributed by atoms with E-state index in [1.165, 1.54) is 0 Å². The summed E-state index contributed by atoms with van der Waals surface area (Å²) in [6.45, 7) is 4.75. The number of rotatable bonds is 3. The van der Waals surface area contributed by atoms with E-state index < -0.39 is 11.9 Å². The minimum Gasteiger partial charge on any atom is -0.481 e. The molecule has 1 saturated heterocycles. The lowest BCUT2D eigenvalue weighted by Gasteiger charge is -2.17. The average Bonchev–Trinajstić information content (AvgIpc) is 3.00. The number of nitrogens with zero attached hydrogens (tertiary/aromatic N) is 3. The Hall–Kier alpha value is -2.37. The number of carbonyl (C=O) groups excluding carboxylic acids is 1. The number of hydrogen-bond acceptors (Lipinski definition) is 3. The molecular weight excluding hydrogens is 282 g/mol. The van der Waals surface area contributed by atoms with Gasteiger partial charge in [0.25, 0.3) is 0 Å². The normalized spacial score (nSPS) is 21.5. The maximum atomic E-state index is 12.5. The molecule has 2 atom stereocenters. The molecule has 0 radical (unpaired) electrons. The molecule has 6 nitrogen and oxygen atoms in total. The Morgan fingerprint density at radius 3 is 2.73 bits per heavy atom. The molecule has 116 valence electrons. The number of carbonyl (C=O) groups is 2. The first-order valence-corrected chi connectivity index (χ1v) is 7.40. The second-order valence-electron chi connectivity index (χ2n) is 5.95. The van der Waals surface area contributed by atoms with Crippen molar-refractivity contribution >= 4 is 22.9 Å². The smallest absolute Gasteiger partial charge is 0.308 e. The molecule has 0 spiro atoms. The Balaban J connectivity index is 1.80. The van der Waals surface area contributed by atoms with Crippen molar-refractivity contribution in [3.05, 3.63) is 30.1 Å². The van der Waals surface area contributed by atoms with Gasteiger partial charge in [0.1, 0.15) is 12.4 Å². The van der Waals surface area contributed by atoms with E-state index in [4.69, 9.17) is 0 Å². The Kier molecular flexibility index (Phi) is 3.60. The molecule has 1 aliphatic rings. The van der Waals surface area contributed by atoms with E-state index in [9.17, 15) is 14.7 Å². The molecule has 6 heteroatoms. The van der Waals surface area contributed by atoms with Crippen molar-refractivity contribution in [1.82, 2.24) is 14.5 Å². The van der Waals surface area contributed by atoms with E-state index in [2.05, 4.69) is 4.98 Å². The van der Waals surface area contributed by atoms with Gasteiger partial charge < -0.3 is 14.6 Å². The van der Waals surface area contributed by atoms with Gasteiger partial charge in [-0.1, -0.05) is 19.1 Å².